The highest BCUT2D eigenvalue weighted by molar-refractivity contribution is 6.30. The van der Waals surface area contributed by atoms with Gasteiger partial charge in [0.15, 0.2) is 0 Å². The van der Waals surface area contributed by atoms with Crippen molar-refractivity contribution in [1.82, 2.24) is 4.98 Å². The summed E-state index contributed by atoms with van der Waals surface area (Å²) in [6, 6.07) is 17.2. The fraction of sp³-hybridized carbons (Fsp3) is 0.0625. The molecule has 19 heavy (non-hydrogen) atoms. The molecule has 94 valence electrons. The Kier molecular flexibility index (Phi) is 3.10. The van der Waals surface area contributed by atoms with Gasteiger partial charge in [-0.3, -0.25) is 4.98 Å². The Morgan fingerprint density at radius 2 is 1.74 bits per heavy atom. The minimum atomic E-state index is 0.697. The number of rotatable bonds is 2. The molecular weight excluding hydrogens is 258 g/mol. The van der Waals surface area contributed by atoms with Crippen molar-refractivity contribution in [2.24, 2.45) is 0 Å². The lowest BCUT2D eigenvalue weighted by Crippen LogP contribution is -1.90. The van der Waals surface area contributed by atoms with Crippen LogP contribution in [0.15, 0.2) is 54.6 Å². The normalized spacial score (nSPS) is 10.6. The zero-order chi connectivity index (χ0) is 13.2. The highest BCUT2D eigenvalue weighted by Gasteiger charge is 2.05. The highest BCUT2D eigenvalue weighted by Crippen LogP contribution is 2.30. The van der Waals surface area contributed by atoms with Gasteiger partial charge in [0.1, 0.15) is 11.5 Å². The monoisotopic (exact) mass is 269 g/mol. The van der Waals surface area contributed by atoms with Gasteiger partial charge in [-0.1, -0.05) is 23.7 Å². The molecule has 2 nitrogen and oxygen atoms in total. The molecule has 0 aliphatic rings. The minimum Gasteiger partial charge on any atom is -0.457 e. The van der Waals surface area contributed by atoms with Crippen LogP contribution in [0.5, 0.6) is 11.5 Å². The van der Waals surface area contributed by atoms with E-state index in [1.807, 2.05) is 61.5 Å². The summed E-state index contributed by atoms with van der Waals surface area (Å²) in [5.74, 6) is 1.57. The van der Waals surface area contributed by atoms with Crippen molar-refractivity contribution < 1.29 is 4.74 Å². The molecule has 0 unspecified atom stereocenters. The fourth-order valence-electron chi connectivity index (χ4n) is 1.98. The Labute approximate surface area is 116 Å². The number of nitrogens with zero attached hydrogens (tertiary/aromatic N) is 1. The average Bonchev–Trinajstić information content (AvgIpc) is 2.41. The lowest BCUT2D eigenvalue weighted by molar-refractivity contribution is 0.487. The summed E-state index contributed by atoms with van der Waals surface area (Å²) < 4.78 is 5.93. The third-order valence-corrected chi connectivity index (χ3v) is 3.10. The van der Waals surface area contributed by atoms with Crippen LogP contribution in [0, 0.1) is 6.92 Å². The van der Waals surface area contributed by atoms with Crippen molar-refractivity contribution in [3.8, 4) is 11.5 Å². The van der Waals surface area contributed by atoms with Gasteiger partial charge in [-0.2, -0.15) is 0 Å². The van der Waals surface area contributed by atoms with Crippen LogP contribution in [0.3, 0.4) is 0 Å². The van der Waals surface area contributed by atoms with Crippen LogP contribution in [0.2, 0.25) is 5.02 Å². The average molecular weight is 270 g/mol. The summed E-state index contributed by atoms with van der Waals surface area (Å²) in [7, 11) is 0. The minimum absolute atomic E-state index is 0.697. The van der Waals surface area contributed by atoms with Crippen molar-refractivity contribution in [2.75, 3.05) is 0 Å². The van der Waals surface area contributed by atoms with Crippen molar-refractivity contribution in [1.29, 1.82) is 0 Å². The molecular formula is C16H12ClNO. The van der Waals surface area contributed by atoms with Crippen molar-refractivity contribution in [3.63, 3.8) is 0 Å². The number of pyridine rings is 1. The molecule has 0 bridgehead atoms. The predicted octanol–water partition coefficient (Wildman–Crippen LogP) is 4.99. The topological polar surface area (TPSA) is 22.1 Å². The molecule has 0 fully saturated rings. The molecule has 0 aliphatic heterocycles. The molecule has 0 spiro atoms. The molecule has 3 aromatic rings. The molecule has 2 aromatic carbocycles. The molecule has 0 radical (unpaired) electrons. The number of hydrogen-bond acceptors (Lipinski definition) is 2. The second kappa shape index (κ2) is 4.90. The van der Waals surface area contributed by atoms with E-state index in [4.69, 9.17) is 16.3 Å². The molecule has 0 saturated heterocycles. The summed E-state index contributed by atoms with van der Waals surface area (Å²) in [5.41, 5.74) is 1.87. The Bertz CT molecular complexity index is 722. The van der Waals surface area contributed by atoms with Gasteiger partial charge >= 0.3 is 0 Å². The Morgan fingerprint density at radius 1 is 1.00 bits per heavy atom. The predicted molar refractivity (Wildman–Crippen MR) is 78.0 cm³/mol. The SMILES string of the molecule is Cc1cc(Oc2ccc(Cl)cc2)c2ccccc2n1. The lowest BCUT2D eigenvalue weighted by atomic mass is 10.2. The molecule has 0 atom stereocenters. The van der Waals surface area contributed by atoms with Crippen LogP contribution in [-0.2, 0) is 0 Å². The molecule has 0 amide bonds. The number of aryl methyl sites for hydroxylation is 1. The Balaban J connectivity index is 2.07. The number of para-hydroxylation sites is 1. The molecule has 0 aliphatic carbocycles. The summed E-state index contributed by atoms with van der Waals surface area (Å²) >= 11 is 5.87. The molecule has 1 heterocycles. The van der Waals surface area contributed by atoms with E-state index in [0.717, 1.165) is 28.1 Å². The first kappa shape index (κ1) is 12.0. The first-order valence-electron chi connectivity index (χ1n) is 6.02. The van der Waals surface area contributed by atoms with Crippen molar-refractivity contribution in [2.45, 2.75) is 6.92 Å². The van der Waals surface area contributed by atoms with Crippen LogP contribution in [0.1, 0.15) is 5.69 Å². The maximum atomic E-state index is 5.93. The summed E-state index contributed by atoms with van der Waals surface area (Å²) in [5, 5.41) is 1.70. The van der Waals surface area contributed by atoms with Crippen LogP contribution in [0.25, 0.3) is 10.9 Å². The first-order valence-corrected chi connectivity index (χ1v) is 6.40. The number of hydrogen-bond donors (Lipinski definition) is 0. The summed E-state index contributed by atoms with van der Waals surface area (Å²) in [4.78, 5) is 4.49. The largest absolute Gasteiger partial charge is 0.457 e. The number of benzene rings is 2. The standard InChI is InChI=1S/C16H12ClNO/c1-11-10-16(14-4-2-3-5-15(14)18-11)19-13-8-6-12(17)7-9-13/h2-10H,1H3. The van der Waals surface area contributed by atoms with E-state index in [-0.39, 0.29) is 0 Å². The summed E-state index contributed by atoms with van der Waals surface area (Å²) in [6.45, 7) is 1.96. The van der Waals surface area contributed by atoms with E-state index in [1.54, 1.807) is 0 Å². The fourth-order valence-corrected chi connectivity index (χ4v) is 2.11. The smallest absolute Gasteiger partial charge is 0.138 e. The maximum absolute atomic E-state index is 5.93. The van der Waals surface area contributed by atoms with Crippen molar-refractivity contribution >= 4 is 22.5 Å². The second-order valence-corrected chi connectivity index (χ2v) is 4.77. The third-order valence-electron chi connectivity index (χ3n) is 2.85. The summed E-state index contributed by atoms with van der Waals surface area (Å²) in [6.07, 6.45) is 0. The number of halogens is 1. The van der Waals surface area contributed by atoms with E-state index in [2.05, 4.69) is 4.98 Å². The molecule has 0 N–H and O–H groups in total. The second-order valence-electron chi connectivity index (χ2n) is 4.33. The molecule has 3 rings (SSSR count). The van der Waals surface area contributed by atoms with Crippen molar-refractivity contribution in [3.05, 3.63) is 65.3 Å². The molecule has 3 heteroatoms. The maximum Gasteiger partial charge on any atom is 0.138 e. The number of aromatic nitrogens is 1. The highest BCUT2D eigenvalue weighted by atomic mass is 35.5. The van der Waals surface area contributed by atoms with Gasteiger partial charge in [-0.25, -0.2) is 0 Å². The number of fused-ring (bicyclic) bond motifs is 1. The zero-order valence-electron chi connectivity index (χ0n) is 10.4. The van der Waals surface area contributed by atoms with Gasteiger partial charge in [0.25, 0.3) is 0 Å². The van der Waals surface area contributed by atoms with Crippen LogP contribution in [-0.4, -0.2) is 4.98 Å². The van der Waals surface area contributed by atoms with E-state index in [9.17, 15) is 0 Å². The van der Waals surface area contributed by atoms with E-state index in [1.165, 1.54) is 0 Å². The molecule has 1 aromatic heterocycles. The quantitative estimate of drug-likeness (QED) is 0.654. The van der Waals surface area contributed by atoms with Crippen LogP contribution < -0.4 is 4.74 Å². The van der Waals surface area contributed by atoms with Crippen LogP contribution >= 0.6 is 11.6 Å². The van der Waals surface area contributed by atoms with Gasteiger partial charge in [-0.05, 0) is 43.3 Å². The molecule has 0 saturated carbocycles. The van der Waals surface area contributed by atoms with Crippen LogP contribution in [0.4, 0.5) is 0 Å². The zero-order valence-corrected chi connectivity index (χ0v) is 11.2. The van der Waals surface area contributed by atoms with Gasteiger partial charge in [0.05, 0.1) is 5.52 Å². The van der Waals surface area contributed by atoms with E-state index < -0.39 is 0 Å². The van der Waals surface area contributed by atoms with Gasteiger partial charge < -0.3 is 4.74 Å². The van der Waals surface area contributed by atoms with Gasteiger partial charge in [0, 0.05) is 22.2 Å². The van der Waals surface area contributed by atoms with Gasteiger partial charge in [0.2, 0.25) is 0 Å². The van der Waals surface area contributed by atoms with Gasteiger partial charge in [-0.15, -0.1) is 0 Å². The third kappa shape index (κ3) is 2.54. The van der Waals surface area contributed by atoms with E-state index >= 15 is 0 Å². The number of ether oxygens (including phenoxy) is 1. The Hall–Kier alpha value is -2.06. The Morgan fingerprint density at radius 3 is 2.53 bits per heavy atom. The first-order chi connectivity index (χ1) is 9.22. The lowest BCUT2D eigenvalue weighted by Gasteiger charge is -2.09. The van der Waals surface area contributed by atoms with E-state index in [0.29, 0.717) is 5.02 Å².